The van der Waals surface area contributed by atoms with E-state index in [1.807, 2.05) is 20.0 Å². The van der Waals surface area contributed by atoms with Gasteiger partial charge in [0.1, 0.15) is 5.82 Å². The molecule has 1 aliphatic rings. The van der Waals surface area contributed by atoms with Gasteiger partial charge in [-0.15, -0.1) is 12.4 Å². The van der Waals surface area contributed by atoms with E-state index in [2.05, 4.69) is 10.6 Å². The van der Waals surface area contributed by atoms with Crippen molar-refractivity contribution in [3.05, 3.63) is 35.6 Å². The minimum atomic E-state index is -0.682. The van der Waals surface area contributed by atoms with E-state index in [1.54, 1.807) is 12.1 Å². The zero-order valence-corrected chi connectivity index (χ0v) is 13.4. The van der Waals surface area contributed by atoms with Crippen molar-refractivity contribution in [3.63, 3.8) is 0 Å². The molecule has 1 aromatic rings. The fourth-order valence-electron chi connectivity index (χ4n) is 2.96. The van der Waals surface area contributed by atoms with Crippen LogP contribution in [0.2, 0.25) is 0 Å². The van der Waals surface area contributed by atoms with Crippen molar-refractivity contribution < 1.29 is 9.18 Å². The molecule has 1 saturated carbocycles. The van der Waals surface area contributed by atoms with Gasteiger partial charge in [-0.2, -0.15) is 0 Å². The van der Waals surface area contributed by atoms with Crippen molar-refractivity contribution in [2.75, 3.05) is 13.6 Å². The summed E-state index contributed by atoms with van der Waals surface area (Å²) in [6.45, 7) is 2.57. The fraction of sp³-hybridized carbons (Fsp3) is 0.562. The van der Waals surface area contributed by atoms with Gasteiger partial charge < -0.3 is 10.6 Å². The van der Waals surface area contributed by atoms with Gasteiger partial charge in [0.05, 0.1) is 5.41 Å². The van der Waals surface area contributed by atoms with Crippen molar-refractivity contribution in [1.82, 2.24) is 10.6 Å². The first-order valence-electron chi connectivity index (χ1n) is 7.31. The van der Waals surface area contributed by atoms with Crippen LogP contribution in [0.4, 0.5) is 4.39 Å². The van der Waals surface area contributed by atoms with Crippen molar-refractivity contribution in [2.45, 2.75) is 44.1 Å². The van der Waals surface area contributed by atoms with Crippen LogP contribution in [0.3, 0.4) is 0 Å². The molecule has 1 aliphatic carbocycles. The minimum absolute atomic E-state index is 0. The second-order valence-electron chi connectivity index (χ2n) is 5.67. The average molecular weight is 315 g/mol. The monoisotopic (exact) mass is 314 g/mol. The van der Waals surface area contributed by atoms with Crippen molar-refractivity contribution in [1.29, 1.82) is 0 Å². The molecule has 2 N–H and O–H groups in total. The lowest BCUT2D eigenvalue weighted by atomic mass is 9.77. The Kier molecular flexibility index (Phi) is 6.62. The van der Waals surface area contributed by atoms with Crippen LogP contribution in [0.25, 0.3) is 0 Å². The maximum atomic E-state index is 14.1. The van der Waals surface area contributed by atoms with Gasteiger partial charge in [0.25, 0.3) is 0 Å². The van der Waals surface area contributed by atoms with E-state index in [-0.39, 0.29) is 30.2 Å². The van der Waals surface area contributed by atoms with Gasteiger partial charge >= 0.3 is 0 Å². The standard InChI is InChI=1S/C16H23FN2O.ClH/c1-12(18-2)11-19-15(20)16(9-5-6-10-16)13-7-3-4-8-14(13)17;/h3-4,7-8,12,18H,5-6,9-11H2,1-2H3,(H,19,20);1H. The van der Waals surface area contributed by atoms with Crippen LogP contribution >= 0.6 is 12.4 Å². The Bertz CT molecular complexity index is 475. The Labute approximate surface area is 132 Å². The lowest BCUT2D eigenvalue weighted by molar-refractivity contribution is -0.126. The highest BCUT2D eigenvalue weighted by atomic mass is 35.5. The van der Waals surface area contributed by atoms with Crippen LogP contribution in [-0.2, 0) is 10.2 Å². The Balaban J connectivity index is 0.00000220. The molecule has 0 saturated heterocycles. The predicted octanol–water partition coefficient (Wildman–Crippen LogP) is 2.78. The maximum Gasteiger partial charge on any atom is 0.230 e. The average Bonchev–Trinajstić information content (AvgIpc) is 2.95. The zero-order valence-electron chi connectivity index (χ0n) is 12.6. The molecule has 1 amide bonds. The summed E-state index contributed by atoms with van der Waals surface area (Å²) in [6.07, 6.45) is 3.41. The SMILES string of the molecule is CNC(C)CNC(=O)C1(c2ccccc2F)CCCC1.Cl. The third kappa shape index (κ3) is 3.74. The molecule has 5 heteroatoms. The second kappa shape index (κ2) is 7.76. The van der Waals surface area contributed by atoms with Crippen molar-refractivity contribution >= 4 is 18.3 Å². The molecular formula is C16H24ClFN2O. The minimum Gasteiger partial charge on any atom is -0.354 e. The van der Waals surface area contributed by atoms with Gasteiger partial charge in [-0.25, -0.2) is 4.39 Å². The molecule has 0 radical (unpaired) electrons. The smallest absolute Gasteiger partial charge is 0.230 e. The summed E-state index contributed by atoms with van der Waals surface area (Å²) >= 11 is 0. The van der Waals surface area contributed by atoms with E-state index in [4.69, 9.17) is 0 Å². The molecule has 1 aromatic carbocycles. The third-order valence-electron chi connectivity index (χ3n) is 4.34. The molecule has 2 rings (SSSR count). The van der Waals surface area contributed by atoms with Gasteiger partial charge in [0, 0.05) is 18.2 Å². The van der Waals surface area contributed by atoms with Gasteiger partial charge in [0.2, 0.25) is 5.91 Å². The van der Waals surface area contributed by atoms with E-state index in [1.165, 1.54) is 6.07 Å². The quantitative estimate of drug-likeness (QED) is 0.877. The molecule has 118 valence electrons. The van der Waals surface area contributed by atoms with Crippen molar-refractivity contribution in [2.24, 2.45) is 0 Å². The summed E-state index contributed by atoms with van der Waals surface area (Å²) in [7, 11) is 1.86. The van der Waals surface area contributed by atoms with Crippen LogP contribution < -0.4 is 10.6 Å². The number of nitrogens with one attached hydrogen (secondary N) is 2. The molecule has 1 unspecified atom stereocenters. The number of halogens is 2. The summed E-state index contributed by atoms with van der Waals surface area (Å²) in [5.74, 6) is -0.312. The largest absolute Gasteiger partial charge is 0.354 e. The lowest BCUT2D eigenvalue weighted by Gasteiger charge is -2.29. The molecule has 0 heterocycles. The molecule has 0 aliphatic heterocycles. The van der Waals surface area contributed by atoms with Gasteiger partial charge in [-0.3, -0.25) is 4.79 Å². The van der Waals surface area contributed by atoms with Crippen LogP contribution in [0.1, 0.15) is 38.2 Å². The maximum absolute atomic E-state index is 14.1. The summed E-state index contributed by atoms with van der Waals surface area (Å²) in [5.41, 5.74) is -0.133. The first-order chi connectivity index (χ1) is 9.60. The lowest BCUT2D eigenvalue weighted by Crippen LogP contribution is -2.47. The van der Waals surface area contributed by atoms with Crippen LogP contribution in [0.5, 0.6) is 0 Å². The molecule has 21 heavy (non-hydrogen) atoms. The molecule has 0 aromatic heterocycles. The van der Waals surface area contributed by atoms with E-state index >= 15 is 0 Å². The first kappa shape index (κ1) is 17.9. The number of carbonyl (C=O) groups excluding carboxylic acids is 1. The summed E-state index contributed by atoms with van der Waals surface area (Å²) in [6, 6.07) is 6.88. The molecular weight excluding hydrogens is 291 g/mol. The fourth-order valence-corrected chi connectivity index (χ4v) is 2.96. The number of rotatable bonds is 5. The highest BCUT2D eigenvalue weighted by molar-refractivity contribution is 5.88. The first-order valence-corrected chi connectivity index (χ1v) is 7.31. The Morgan fingerprint density at radius 2 is 1.95 bits per heavy atom. The topological polar surface area (TPSA) is 41.1 Å². The Morgan fingerprint density at radius 1 is 1.33 bits per heavy atom. The molecule has 1 fully saturated rings. The number of hydrogen-bond acceptors (Lipinski definition) is 2. The van der Waals surface area contributed by atoms with Crippen LogP contribution in [0, 0.1) is 5.82 Å². The van der Waals surface area contributed by atoms with Gasteiger partial charge in [-0.05, 0) is 32.9 Å². The third-order valence-corrected chi connectivity index (χ3v) is 4.34. The number of amides is 1. The predicted molar refractivity (Wildman–Crippen MR) is 85.3 cm³/mol. The highest BCUT2D eigenvalue weighted by Gasteiger charge is 2.44. The van der Waals surface area contributed by atoms with E-state index in [0.717, 1.165) is 25.7 Å². The summed E-state index contributed by atoms with van der Waals surface area (Å²) < 4.78 is 14.1. The number of hydrogen-bond donors (Lipinski definition) is 2. The van der Waals surface area contributed by atoms with Gasteiger partial charge in [-0.1, -0.05) is 31.0 Å². The number of carbonyl (C=O) groups is 1. The van der Waals surface area contributed by atoms with E-state index in [0.29, 0.717) is 12.1 Å². The highest BCUT2D eigenvalue weighted by Crippen LogP contribution is 2.42. The van der Waals surface area contributed by atoms with Crippen molar-refractivity contribution in [3.8, 4) is 0 Å². The Hall–Kier alpha value is -1.13. The van der Waals surface area contributed by atoms with E-state index in [9.17, 15) is 9.18 Å². The molecule has 1 atom stereocenters. The Morgan fingerprint density at radius 3 is 2.52 bits per heavy atom. The number of likely N-dealkylation sites (N-methyl/N-ethyl adjacent to an activating group) is 1. The second-order valence-corrected chi connectivity index (χ2v) is 5.67. The summed E-state index contributed by atoms with van der Waals surface area (Å²) in [5, 5.41) is 6.06. The normalized spacial score (nSPS) is 17.9. The van der Waals surface area contributed by atoms with E-state index < -0.39 is 5.41 Å². The van der Waals surface area contributed by atoms with Crippen LogP contribution in [-0.4, -0.2) is 25.5 Å². The molecule has 3 nitrogen and oxygen atoms in total. The zero-order chi connectivity index (χ0) is 14.6. The summed E-state index contributed by atoms with van der Waals surface area (Å²) in [4.78, 5) is 12.6. The molecule has 0 spiro atoms. The van der Waals surface area contributed by atoms with Gasteiger partial charge in [0.15, 0.2) is 0 Å². The van der Waals surface area contributed by atoms with Crippen LogP contribution in [0.15, 0.2) is 24.3 Å². The molecule has 0 bridgehead atoms. The number of benzene rings is 1.